The van der Waals surface area contributed by atoms with Crippen molar-refractivity contribution >= 4 is 10.0 Å². The highest BCUT2D eigenvalue weighted by Gasteiger charge is 2.32. The zero-order valence-corrected chi connectivity index (χ0v) is 13.3. The first kappa shape index (κ1) is 15.5. The summed E-state index contributed by atoms with van der Waals surface area (Å²) in [6.45, 7) is 8.21. The number of sulfonamides is 1. The lowest BCUT2D eigenvalue weighted by molar-refractivity contribution is 0.453. The van der Waals surface area contributed by atoms with Crippen LogP contribution in [0.25, 0.3) is 0 Å². The average Bonchev–Trinajstić information content (AvgIpc) is 3.05. The van der Waals surface area contributed by atoms with E-state index in [1.165, 1.54) is 0 Å². The molecule has 0 aliphatic carbocycles. The van der Waals surface area contributed by atoms with E-state index in [0.29, 0.717) is 36.5 Å². The van der Waals surface area contributed by atoms with Crippen molar-refractivity contribution in [2.24, 2.45) is 5.92 Å². The number of rotatable bonds is 6. The minimum Gasteiger partial charge on any atom is -0.363 e. The summed E-state index contributed by atoms with van der Waals surface area (Å²) in [6.07, 6.45) is 3.62. The van der Waals surface area contributed by atoms with Crippen molar-refractivity contribution in [3.05, 3.63) is 18.0 Å². The third kappa shape index (κ3) is 3.42. The molecule has 6 heteroatoms. The van der Waals surface area contributed by atoms with E-state index in [1.54, 1.807) is 16.6 Å². The van der Waals surface area contributed by atoms with Crippen LogP contribution in [0.2, 0.25) is 0 Å². The van der Waals surface area contributed by atoms with Gasteiger partial charge in [-0.25, -0.2) is 8.42 Å². The molecule has 0 spiro atoms. The van der Waals surface area contributed by atoms with Crippen LogP contribution in [0.5, 0.6) is 0 Å². The molecule has 20 heavy (non-hydrogen) atoms. The van der Waals surface area contributed by atoms with E-state index in [2.05, 4.69) is 31.1 Å². The van der Waals surface area contributed by atoms with Crippen LogP contribution in [0, 0.1) is 5.92 Å². The van der Waals surface area contributed by atoms with Gasteiger partial charge in [0, 0.05) is 37.6 Å². The second kappa shape index (κ2) is 6.28. The maximum atomic E-state index is 12.5. The Balaban J connectivity index is 2.06. The highest BCUT2D eigenvalue weighted by Crippen LogP contribution is 2.26. The van der Waals surface area contributed by atoms with E-state index in [4.69, 9.17) is 0 Å². The molecule has 0 aromatic carbocycles. The summed E-state index contributed by atoms with van der Waals surface area (Å²) >= 11 is 0. The van der Waals surface area contributed by atoms with Crippen LogP contribution in [0.1, 0.15) is 39.3 Å². The summed E-state index contributed by atoms with van der Waals surface area (Å²) in [5.41, 5.74) is 0.906. The van der Waals surface area contributed by atoms with Crippen LogP contribution in [0.4, 0.5) is 0 Å². The van der Waals surface area contributed by atoms with Gasteiger partial charge in [-0.3, -0.25) is 0 Å². The predicted octanol–water partition coefficient (Wildman–Crippen LogP) is 1.93. The maximum absolute atomic E-state index is 12.5. The quantitative estimate of drug-likeness (QED) is 0.843. The summed E-state index contributed by atoms with van der Waals surface area (Å²) in [6, 6.07) is 2.12. The van der Waals surface area contributed by atoms with Gasteiger partial charge in [0.2, 0.25) is 10.0 Å². The highest BCUT2D eigenvalue weighted by molar-refractivity contribution is 7.89. The molecule has 1 atom stereocenters. The molecule has 1 fully saturated rings. The Morgan fingerprint density at radius 3 is 2.85 bits per heavy atom. The Morgan fingerprint density at radius 2 is 2.25 bits per heavy atom. The van der Waals surface area contributed by atoms with Crippen LogP contribution < -0.4 is 5.32 Å². The molecule has 0 saturated carbocycles. The molecule has 1 saturated heterocycles. The largest absolute Gasteiger partial charge is 0.363 e. The molecule has 2 N–H and O–H groups in total. The summed E-state index contributed by atoms with van der Waals surface area (Å²) in [5, 5.41) is 3.27. The van der Waals surface area contributed by atoms with Crippen LogP contribution in [-0.4, -0.2) is 36.8 Å². The van der Waals surface area contributed by atoms with Crippen molar-refractivity contribution in [3.8, 4) is 0 Å². The number of hydrogen-bond donors (Lipinski definition) is 2. The molecule has 2 heterocycles. The van der Waals surface area contributed by atoms with Gasteiger partial charge in [0.1, 0.15) is 0 Å². The number of nitrogens with zero attached hydrogens (tertiary/aromatic N) is 1. The molecule has 1 aromatic heterocycles. The van der Waals surface area contributed by atoms with Crippen molar-refractivity contribution in [1.82, 2.24) is 14.6 Å². The van der Waals surface area contributed by atoms with Crippen LogP contribution in [0.15, 0.2) is 17.2 Å². The van der Waals surface area contributed by atoms with Gasteiger partial charge in [0.15, 0.2) is 0 Å². The summed E-state index contributed by atoms with van der Waals surface area (Å²) in [4.78, 5) is 3.43. The second-order valence-corrected chi connectivity index (χ2v) is 7.76. The van der Waals surface area contributed by atoms with Gasteiger partial charge in [-0.2, -0.15) is 4.31 Å². The van der Waals surface area contributed by atoms with Gasteiger partial charge < -0.3 is 10.3 Å². The Kier molecular flexibility index (Phi) is 4.88. The fraction of sp³-hybridized carbons (Fsp3) is 0.714. The number of aromatic nitrogens is 1. The third-order valence-electron chi connectivity index (χ3n) is 3.88. The monoisotopic (exact) mass is 299 g/mol. The summed E-state index contributed by atoms with van der Waals surface area (Å²) < 4.78 is 26.7. The van der Waals surface area contributed by atoms with E-state index in [-0.39, 0.29) is 0 Å². The molecule has 1 aliphatic heterocycles. The molecule has 0 amide bonds. The minimum atomic E-state index is -3.33. The number of nitrogens with one attached hydrogen (secondary N) is 2. The van der Waals surface area contributed by atoms with Crippen molar-refractivity contribution in [2.75, 3.05) is 13.1 Å². The predicted molar refractivity (Wildman–Crippen MR) is 79.9 cm³/mol. The van der Waals surface area contributed by atoms with E-state index >= 15 is 0 Å². The lowest BCUT2D eigenvalue weighted by Gasteiger charge is -2.15. The topological polar surface area (TPSA) is 65.2 Å². The van der Waals surface area contributed by atoms with Crippen LogP contribution in [-0.2, 0) is 16.6 Å². The van der Waals surface area contributed by atoms with E-state index in [1.807, 2.05) is 0 Å². The van der Waals surface area contributed by atoms with Crippen LogP contribution in [0.3, 0.4) is 0 Å². The SMILES string of the molecule is CCC1CCN(S(=O)(=O)c2c[nH]c(CNC(C)C)c2)C1. The van der Waals surface area contributed by atoms with Crippen molar-refractivity contribution in [2.45, 2.75) is 51.1 Å². The highest BCUT2D eigenvalue weighted by atomic mass is 32.2. The molecule has 1 aliphatic rings. The van der Waals surface area contributed by atoms with E-state index in [0.717, 1.165) is 18.5 Å². The van der Waals surface area contributed by atoms with Crippen LogP contribution >= 0.6 is 0 Å². The zero-order chi connectivity index (χ0) is 14.8. The summed E-state index contributed by atoms with van der Waals surface area (Å²) in [7, 11) is -3.33. The lowest BCUT2D eigenvalue weighted by atomic mass is 10.1. The van der Waals surface area contributed by atoms with Crippen molar-refractivity contribution in [3.63, 3.8) is 0 Å². The van der Waals surface area contributed by atoms with Crippen molar-refractivity contribution in [1.29, 1.82) is 0 Å². The second-order valence-electron chi connectivity index (χ2n) is 5.82. The Morgan fingerprint density at radius 1 is 1.50 bits per heavy atom. The molecule has 2 rings (SSSR count). The van der Waals surface area contributed by atoms with Gasteiger partial charge >= 0.3 is 0 Å². The molecular formula is C14H25N3O2S. The van der Waals surface area contributed by atoms with Crippen molar-refractivity contribution < 1.29 is 8.42 Å². The van der Waals surface area contributed by atoms with Gasteiger partial charge in [-0.05, 0) is 18.4 Å². The minimum absolute atomic E-state index is 0.377. The molecule has 0 radical (unpaired) electrons. The first-order valence-electron chi connectivity index (χ1n) is 7.34. The molecule has 1 aromatic rings. The zero-order valence-electron chi connectivity index (χ0n) is 12.5. The third-order valence-corrected chi connectivity index (χ3v) is 5.72. The number of hydrogen-bond acceptors (Lipinski definition) is 3. The fourth-order valence-electron chi connectivity index (χ4n) is 2.48. The Bertz CT molecular complexity index is 536. The fourth-order valence-corrected chi connectivity index (χ4v) is 4.03. The Labute approximate surface area is 121 Å². The van der Waals surface area contributed by atoms with Gasteiger partial charge in [0.05, 0.1) is 4.90 Å². The maximum Gasteiger partial charge on any atom is 0.244 e. The number of aromatic amines is 1. The number of H-pyrrole nitrogens is 1. The Hall–Kier alpha value is -0.850. The molecule has 114 valence electrons. The first-order valence-corrected chi connectivity index (χ1v) is 8.78. The average molecular weight is 299 g/mol. The first-order chi connectivity index (χ1) is 9.43. The van der Waals surface area contributed by atoms with E-state index < -0.39 is 10.0 Å². The summed E-state index contributed by atoms with van der Waals surface area (Å²) in [5.74, 6) is 0.505. The molecule has 5 nitrogen and oxygen atoms in total. The lowest BCUT2D eigenvalue weighted by Crippen LogP contribution is -2.28. The van der Waals surface area contributed by atoms with Gasteiger partial charge in [-0.1, -0.05) is 27.2 Å². The smallest absolute Gasteiger partial charge is 0.244 e. The van der Waals surface area contributed by atoms with Gasteiger partial charge in [-0.15, -0.1) is 0 Å². The van der Waals surface area contributed by atoms with E-state index in [9.17, 15) is 8.42 Å². The normalized spacial score (nSPS) is 20.9. The molecule has 1 unspecified atom stereocenters. The molecule has 0 bridgehead atoms. The van der Waals surface area contributed by atoms with Gasteiger partial charge in [0.25, 0.3) is 0 Å². The standard InChI is InChI=1S/C14H25N3O2S/c1-4-12-5-6-17(10-12)20(18,19)14-7-13(16-9-14)8-15-11(2)3/h7,9,11-12,15-16H,4-6,8,10H2,1-3H3. The molecular weight excluding hydrogens is 274 g/mol.